The maximum Gasteiger partial charge on any atom is 0.242 e. The van der Waals surface area contributed by atoms with E-state index in [2.05, 4.69) is 27.2 Å². The minimum absolute atomic E-state index is 0.0539. The van der Waals surface area contributed by atoms with Crippen molar-refractivity contribution < 1.29 is 14.3 Å². The summed E-state index contributed by atoms with van der Waals surface area (Å²) in [6.07, 6.45) is 8.98. The summed E-state index contributed by atoms with van der Waals surface area (Å²) in [7, 11) is 1.72. The van der Waals surface area contributed by atoms with Crippen molar-refractivity contribution in [2.24, 2.45) is 23.2 Å². The normalized spacial score (nSPS) is 33.7. The molecule has 4 saturated carbocycles. The third-order valence-corrected chi connectivity index (χ3v) is 9.83. The van der Waals surface area contributed by atoms with Crippen molar-refractivity contribution in [3.63, 3.8) is 0 Å². The lowest BCUT2D eigenvalue weighted by molar-refractivity contribution is -0.160. The molecule has 7 nitrogen and oxygen atoms in total. The molecule has 0 aromatic heterocycles. The van der Waals surface area contributed by atoms with Gasteiger partial charge in [0.2, 0.25) is 11.8 Å². The van der Waals surface area contributed by atoms with Gasteiger partial charge in [-0.15, -0.1) is 0 Å². The van der Waals surface area contributed by atoms with Gasteiger partial charge in [-0.2, -0.15) is 0 Å². The Balaban J connectivity index is 0.987. The van der Waals surface area contributed by atoms with Crippen LogP contribution in [0.5, 0.6) is 5.75 Å². The Labute approximate surface area is 215 Å². The number of rotatable bonds is 7. The van der Waals surface area contributed by atoms with Gasteiger partial charge in [-0.3, -0.25) is 14.5 Å². The molecular weight excluding hydrogens is 452 g/mol. The highest BCUT2D eigenvalue weighted by molar-refractivity contribution is 5.91. The standard InChI is InChI=1S/C29H42N4O3/c1-36-26-7-3-2-5-24(26)32-13-11-31(12-14-32)10-8-30-27(34)25-6-4-9-33(25)28(35)29-18-21-15-22(19-29)17-23(16-21)20-29/h2-3,5,7,21-23,25H,4,6,8-20H2,1H3,(H,30,34)/t21?,22?,23?,25-,29?/m0/s1. The van der Waals surface area contributed by atoms with Crippen LogP contribution in [0.3, 0.4) is 0 Å². The number of ether oxygens (including phenoxy) is 1. The maximum absolute atomic E-state index is 13.9. The highest BCUT2D eigenvalue weighted by Gasteiger charge is 2.56. The quantitative estimate of drug-likeness (QED) is 0.631. The highest BCUT2D eigenvalue weighted by atomic mass is 16.5. The lowest BCUT2D eigenvalue weighted by Gasteiger charge is -2.56. The summed E-state index contributed by atoms with van der Waals surface area (Å²) in [5, 5.41) is 3.18. The predicted molar refractivity (Wildman–Crippen MR) is 140 cm³/mol. The fraction of sp³-hybridized carbons (Fsp3) is 0.724. The number of benzene rings is 1. The summed E-state index contributed by atoms with van der Waals surface area (Å²) in [6, 6.07) is 7.92. The lowest BCUT2D eigenvalue weighted by Crippen LogP contribution is -2.57. The Hall–Kier alpha value is -2.28. The number of nitrogens with zero attached hydrogens (tertiary/aromatic N) is 3. The molecule has 0 radical (unpaired) electrons. The van der Waals surface area contributed by atoms with Gasteiger partial charge >= 0.3 is 0 Å². The molecule has 4 bridgehead atoms. The molecule has 1 aromatic carbocycles. The van der Waals surface area contributed by atoms with Crippen LogP contribution in [0.2, 0.25) is 0 Å². The van der Waals surface area contributed by atoms with E-state index in [1.54, 1.807) is 7.11 Å². The van der Waals surface area contributed by atoms with E-state index in [-0.39, 0.29) is 17.4 Å². The summed E-state index contributed by atoms with van der Waals surface area (Å²) in [5.41, 5.74) is 0.997. The Kier molecular flexibility index (Phi) is 6.61. The number of carbonyl (C=O) groups excluding carboxylic acids is 2. The second kappa shape index (κ2) is 9.88. The number of likely N-dealkylation sites (tertiary alicyclic amines) is 1. The molecule has 2 aliphatic heterocycles. The molecule has 7 heteroatoms. The second-order valence-electron chi connectivity index (χ2n) is 12.1. The van der Waals surface area contributed by atoms with Crippen LogP contribution in [0.4, 0.5) is 5.69 Å². The first-order valence-corrected chi connectivity index (χ1v) is 14.2. The number of hydrogen-bond acceptors (Lipinski definition) is 5. The fourth-order valence-corrected chi connectivity index (χ4v) is 8.52. The molecular formula is C29H42N4O3. The van der Waals surface area contributed by atoms with E-state index in [0.717, 1.165) is 101 Å². The zero-order valence-electron chi connectivity index (χ0n) is 21.8. The van der Waals surface area contributed by atoms with Crippen LogP contribution in [-0.2, 0) is 9.59 Å². The number of anilines is 1. The Bertz CT molecular complexity index is 938. The Morgan fingerprint density at radius 3 is 2.31 bits per heavy atom. The number of hydrogen-bond donors (Lipinski definition) is 1. The largest absolute Gasteiger partial charge is 0.495 e. The first-order chi connectivity index (χ1) is 17.5. The zero-order chi connectivity index (χ0) is 24.7. The number of amides is 2. The summed E-state index contributed by atoms with van der Waals surface area (Å²) in [5.74, 6) is 3.53. The number of para-hydroxylation sites is 2. The lowest BCUT2D eigenvalue weighted by atomic mass is 9.49. The molecule has 6 fully saturated rings. The summed E-state index contributed by atoms with van der Waals surface area (Å²) in [6.45, 7) is 6.07. The molecule has 7 rings (SSSR count). The molecule has 2 saturated heterocycles. The molecule has 1 atom stereocenters. The summed E-state index contributed by atoms with van der Waals surface area (Å²) >= 11 is 0. The molecule has 36 heavy (non-hydrogen) atoms. The first-order valence-electron chi connectivity index (χ1n) is 14.2. The van der Waals surface area contributed by atoms with Gasteiger partial charge in [0.05, 0.1) is 18.2 Å². The van der Waals surface area contributed by atoms with Gasteiger partial charge in [-0.1, -0.05) is 12.1 Å². The van der Waals surface area contributed by atoms with Crippen LogP contribution in [0, 0.1) is 23.2 Å². The SMILES string of the molecule is COc1ccccc1N1CCN(CCNC(=O)[C@@H]2CCCN2C(=O)C23CC4CC(CC(C4)C2)C3)CC1. The zero-order valence-corrected chi connectivity index (χ0v) is 21.8. The Morgan fingerprint density at radius 1 is 0.972 bits per heavy atom. The minimum atomic E-state index is -0.270. The van der Waals surface area contributed by atoms with Gasteiger partial charge in [0, 0.05) is 45.8 Å². The van der Waals surface area contributed by atoms with Gasteiger partial charge < -0.3 is 19.9 Å². The van der Waals surface area contributed by atoms with Gasteiger partial charge in [0.25, 0.3) is 0 Å². The number of carbonyl (C=O) groups is 2. The number of nitrogens with one attached hydrogen (secondary N) is 1. The van der Waals surface area contributed by atoms with Crippen molar-refractivity contribution in [1.29, 1.82) is 0 Å². The van der Waals surface area contributed by atoms with E-state index in [0.29, 0.717) is 12.5 Å². The maximum atomic E-state index is 13.9. The molecule has 6 aliphatic rings. The Morgan fingerprint density at radius 2 is 1.64 bits per heavy atom. The van der Waals surface area contributed by atoms with Crippen LogP contribution < -0.4 is 15.0 Å². The van der Waals surface area contributed by atoms with Gasteiger partial charge in [-0.05, 0) is 81.3 Å². The summed E-state index contributed by atoms with van der Waals surface area (Å²) < 4.78 is 5.53. The first kappa shape index (κ1) is 24.1. The van der Waals surface area contributed by atoms with E-state index >= 15 is 0 Å². The van der Waals surface area contributed by atoms with Crippen LogP contribution in [0.1, 0.15) is 51.4 Å². The average molecular weight is 495 g/mol. The average Bonchev–Trinajstić information content (AvgIpc) is 3.38. The van der Waals surface area contributed by atoms with Crippen molar-refractivity contribution in [1.82, 2.24) is 15.1 Å². The highest BCUT2D eigenvalue weighted by Crippen LogP contribution is 2.60. The van der Waals surface area contributed by atoms with Gasteiger partial charge in [0.1, 0.15) is 11.8 Å². The minimum Gasteiger partial charge on any atom is -0.495 e. The van der Waals surface area contributed by atoms with E-state index in [4.69, 9.17) is 4.74 Å². The molecule has 0 spiro atoms. The molecule has 0 unspecified atom stereocenters. The second-order valence-corrected chi connectivity index (χ2v) is 12.1. The third kappa shape index (κ3) is 4.48. The van der Waals surface area contributed by atoms with E-state index < -0.39 is 0 Å². The van der Waals surface area contributed by atoms with E-state index in [1.165, 1.54) is 19.3 Å². The van der Waals surface area contributed by atoms with Crippen molar-refractivity contribution in [2.45, 2.75) is 57.4 Å². The number of piperazine rings is 1. The van der Waals surface area contributed by atoms with Gasteiger partial charge in [0.15, 0.2) is 0 Å². The van der Waals surface area contributed by atoms with Crippen molar-refractivity contribution in [2.75, 3.05) is 57.8 Å². The topological polar surface area (TPSA) is 65.1 Å². The predicted octanol–water partition coefficient (Wildman–Crippen LogP) is 3.14. The van der Waals surface area contributed by atoms with Crippen molar-refractivity contribution >= 4 is 17.5 Å². The fourth-order valence-electron chi connectivity index (χ4n) is 8.52. The monoisotopic (exact) mass is 494 g/mol. The molecule has 2 heterocycles. The van der Waals surface area contributed by atoms with E-state index in [1.807, 2.05) is 17.0 Å². The van der Waals surface area contributed by atoms with Crippen molar-refractivity contribution in [3.8, 4) is 5.75 Å². The number of methoxy groups -OCH3 is 1. The van der Waals surface area contributed by atoms with Crippen LogP contribution in [-0.4, -0.2) is 80.6 Å². The molecule has 2 amide bonds. The van der Waals surface area contributed by atoms with Crippen LogP contribution in [0.25, 0.3) is 0 Å². The smallest absolute Gasteiger partial charge is 0.242 e. The van der Waals surface area contributed by atoms with Crippen molar-refractivity contribution in [3.05, 3.63) is 24.3 Å². The molecule has 4 aliphatic carbocycles. The summed E-state index contributed by atoms with van der Waals surface area (Å²) in [4.78, 5) is 33.8. The molecule has 1 aromatic rings. The third-order valence-electron chi connectivity index (χ3n) is 9.83. The van der Waals surface area contributed by atoms with Crippen LogP contribution in [0.15, 0.2) is 24.3 Å². The molecule has 1 N–H and O–H groups in total. The molecule has 196 valence electrons. The van der Waals surface area contributed by atoms with Gasteiger partial charge in [-0.25, -0.2) is 0 Å². The van der Waals surface area contributed by atoms with E-state index in [9.17, 15) is 9.59 Å². The van der Waals surface area contributed by atoms with Crippen LogP contribution >= 0.6 is 0 Å².